The van der Waals surface area contributed by atoms with Gasteiger partial charge in [0.2, 0.25) is 5.91 Å². The van der Waals surface area contributed by atoms with Gasteiger partial charge in [0.05, 0.1) is 13.0 Å². The van der Waals surface area contributed by atoms with Gasteiger partial charge in [0.15, 0.2) is 0 Å². The number of aliphatic carboxylic acids is 1. The van der Waals surface area contributed by atoms with Crippen molar-refractivity contribution >= 4 is 11.9 Å². The van der Waals surface area contributed by atoms with Gasteiger partial charge in [0.1, 0.15) is 5.41 Å². The number of methoxy groups -OCH3 is 1. The fraction of sp³-hybridized carbons (Fsp3) is 0.529. The molecule has 1 saturated heterocycles. The van der Waals surface area contributed by atoms with Crippen molar-refractivity contribution in [3.05, 3.63) is 34.9 Å². The highest BCUT2D eigenvalue weighted by Crippen LogP contribution is 2.31. The summed E-state index contributed by atoms with van der Waals surface area (Å²) in [6.45, 7) is 4.88. The number of carbonyl (C=O) groups is 2. The van der Waals surface area contributed by atoms with E-state index in [4.69, 9.17) is 4.74 Å². The summed E-state index contributed by atoms with van der Waals surface area (Å²) >= 11 is 0. The van der Waals surface area contributed by atoms with Crippen LogP contribution in [0, 0.1) is 19.3 Å². The lowest BCUT2D eigenvalue weighted by atomic mass is 9.88. The highest BCUT2D eigenvalue weighted by Gasteiger charge is 2.46. The number of amides is 1. The van der Waals surface area contributed by atoms with Gasteiger partial charge >= 0.3 is 5.97 Å². The summed E-state index contributed by atoms with van der Waals surface area (Å²) in [6, 6.07) is 5.98. The van der Waals surface area contributed by atoms with E-state index < -0.39 is 11.4 Å². The van der Waals surface area contributed by atoms with Crippen LogP contribution in [0.1, 0.15) is 23.1 Å². The molecule has 1 fully saturated rings. The van der Waals surface area contributed by atoms with Crippen LogP contribution >= 0.6 is 0 Å². The van der Waals surface area contributed by atoms with Crippen LogP contribution in [-0.2, 0) is 20.7 Å². The number of likely N-dealkylation sites (tertiary alicyclic amines) is 1. The van der Waals surface area contributed by atoms with Crippen molar-refractivity contribution in [1.82, 2.24) is 4.90 Å². The van der Waals surface area contributed by atoms with Crippen molar-refractivity contribution in [2.24, 2.45) is 5.41 Å². The van der Waals surface area contributed by atoms with E-state index in [0.717, 1.165) is 11.1 Å². The van der Waals surface area contributed by atoms with Crippen molar-refractivity contribution < 1.29 is 19.4 Å². The molecule has 0 saturated carbocycles. The molecule has 22 heavy (non-hydrogen) atoms. The Bertz CT molecular complexity index is 584. The van der Waals surface area contributed by atoms with Crippen molar-refractivity contribution in [2.75, 3.05) is 26.8 Å². The molecule has 1 heterocycles. The average molecular weight is 305 g/mol. The number of nitrogens with zero attached hydrogens (tertiary/aromatic N) is 1. The zero-order valence-corrected chi connectivity index (χ0v) is 13.4. The first-order valence-corrected chi connectivity index (χ1v) is 7.44. The molecule has 1 aromatic carbocycles. The second-order valence-corrected chi connectivity index (χ2v) is 6.18. The van der Waals surface area contributed by atoms with Gasteiger partial charge in [-0.1, -0.05) is 18.2 Å². The lowest BCUT2D eigenvalue weighted by Gasteiger charge is -2.23. The predicted molar refractivity (Wildman–Crippen MR) is 82.8 cm³/mol. The van der Waals surface area contributed by atoms with E-state index in [0.29, 0.717) is 19.4 Å². The zero-order valence-electron chi connectivity index (χ0n) is 13.4. The second-order valence-electron chi connectivity index (χ2n) is 6.18. The summed E-state index contributed by atoms with van der Waals surface area (Å²) < 4.78 is 5.05. The molecule has 5 heteroatoms. The number of carboxylic acids is 1. The van der Waals surface area contributed by atoms with Crippen molar-refractivity contribution in [1.29, 1.82) is 0 Å². The number of ether oxygens (including phenoxy) is 1. The van der Waals surface area contributed by atoms with E-state index in [-0.39, 0.29) is 19.1 Å². The largest absolute Gasteiger partial charge is 0.481 e. The summed E-state index contributed by atoms with van der Waals surface area (Å²) in [6.07, 6.45) is 0.749. The second kappa shape index (κ2) is 6.48. The number of benzene rings is 1. The number of carbonyl (C=O) groups excluding carboxylic acids is 1. The molecule has 0 bridgehead atoms. The Hall–Kier alpha value is -1.88. The fourth-order valence-electron chi connectivity index (χ4n) is 2.92. The van der Waals surface area contributed by atoms with Gasteiger partial charge in [-0.2, -0.15) is 0 Å². The van der Waals surface area contributed by atoms with E-state index in [2.05, 4.69) is 0 Å². The van der Waals surface area contributed by atoms with Crippen LogP contribution < -0.4 is 0 Å². The number of carboxylic acid groups (broad SMARTS) is 1. The molecular weight excluding hydrogens is 282 g/mol. The monoisotopic (exact) mass is 305 g/mol. The number of hydrogen-bond acceptors (Lipinski definition) is 3. The minimum Gasteiger partial charge on any atom is -0.481 e. The van der Waals surface area contributed by atoms with E-state index in [1.807, 2.05) is 32.0 Å². The maximum atomic E-state index is 12.4. The molecule has 0 spiro atoms. The minimum atomic E-state index is -0.965. The van der Waals surface area contributed by atoms with E-state index in [1.165, 1.54) is 12.7 Å². The van der Waals surface area contributed by atoms with E-state index in [1.54, 1.807) is 4.90 Å². The van der Waals surface area contributed by atoms with Crippen molar-refractivity contribution in [3.63, 3.8) is 0 Å². The smallest absolute Gasteiger partial charge is 0.313 e. The van der Waals surface area contributed by atoms with Gasteiger partial charge in [-0.25, -0.2) is 0 Å². The Morgan fingerprint density at radius 3 is 2.64 bits per heavy atom. The van der Waals surface area contributed by atoms with Crippen molar-refractivity contribution in [3.8, 4) is 0 Å². The first-order chi connectivity index (χ1) is 10.4. The Balaban J connectivity index is 2.05. The SMILES string of the molecule is COCC1(C(=O)O)CCN(C(=O)Cc2ccc(C)c(C)c2)C1. The third-order valence-electron chi connectivity index (χ3n) is 4.51. The highest BCUT2D eigenvalue weighted by molar-refractivity contribution is 5.82. The van der Waals surface area contributed by atoms with Crippen LogP contribution in [0.15, 0.2) is 18.2 Å². The Labute approximate surface area is 130 Å². The topological polar surface area (TPSA) is 66.8 Å². The van der Waals surface area contributed by atoms with Gasteiger partial charge in [-0.3, -0.25) is 9.59 Å². The summed E-state index contributed by atoms with van der Waals surface area (Å²) in [4.78, 5) is 25.6. The number of hydrogen-bond donors (Lipinski definition) is 1. The van der Waals surface area contributed by atoms with Crippen LogP contribution in [0.5, 0.6) is 0 Å². The molecule has 1 aromatic rings. The third-order valence-corrected chi connectivity index (χ3v) is 4.51. The van der Waals surface area contributed by atoms with E-state index in [9.17, 15) is 14.7 Å². The Morgan fingerprint density at radius 2 is 2.05 bits per heavy atom. The third kappa shape index (κ3) is 3.30. The number of aryl methyl sites for hydroxylation is 2. The lowest BCUT2D eigenvalue weighted by molar-refractivity contribution is -0.151. The van der Waals surface area contributed by atoms with Crippen LogP contribution in [0.4, 0.5) is 0 Å². The molecule has 1 N–H and O–H groups in total. The van der Waals surface area contributed by atoms with Crippen LogP contribution in [0.3, 0.4) is 0 Å². The van der Waals surface area contributed by atoms with Crippen LogP contribution in [0.2, 0.25) is 0 Å². The highest BCUT2D eigenvalue weighted by atomic mass is 16.5. The molecule has 2 rings (SSSR count). The molecule has 1 atom stereocenters. The molecule has 1 unspecified atom stereocenters. The molecule has 1 aliphatic rings. The van der Waals surface area contributed by atoms with Crippen LogP contribution in [-0.4, -0.2) is 48.7 Å². The van der Waals surface area contributed by atoms with Gasteiger partial charge < -0.3 is 14.7 Å². The molecule has 5 nitrogen and oxygen atoms in total. The first kappa shape index (κ1) is 16.5. The van der Waals surface area contributed by atoms with Crippen molar-refractivity contribution in [2.45, 2.75) is 26.7 Å². The maximum absolute atomic E-state index is 12.4. The Morgan fingerprint density at radius 1 is 1.32 bits per heavy atom. The quantitative estimate of drug-likeness (QED) is 0.900. The number of rotatable bonds is 5. The summed E-state index contributed by atoms with van der Waals surface area (Å²) in [7, 11) is 1.49. The van der Waals surface area contributed by atoms with Gasteiger partial charge in [0, 0.05) is 20.2 Å². The normalized spacial score (nSPS) is 21.1. The van der Waals surface area contributed by atoms with E-state index >= 15 is 0 Å². The molecule has 1 amide bonds. The lowest BCUT2D eigenvalue weighted by Crippen LogP contribution is -2.40. The summed E-state index contributed by atoms with van der Waals surface area (Å²) in [5.41, 5.74) is 2.36. The fourth-order valence-corrected chi connectivity index (χ4v) is 2.92. The summed E-state index contributed by atoms with van der Waals surface area (Å²) in [5, 5.41) is 9.43. The molecule has 0 radical (unpaired) electrons. The van der Waals surface area contributed by atoms with Gasteiger partial charge in [0.25, 0.3) is 0 Å². The molecule has 0 aliphatic carbocycles. The minimum absolute atomic E-state index is 0.0255. The molecular formula is C17H23NO4. The Kier molecular flexibility index (Phi) is 4.86. The first-order valence-electron chi connectivity index (χ1n) is 7.44. The predicted octanol–water partition coefficient (Wildman–Crippen LogP) is 1.80. The standard InChI is InChI=1S/C17H23NO4/c1-12-4-5-14(8-13(12)2)9-15(19)18-7-6-17(10-18,11-22-3)16(20)21/h4-5,8H,6-7,9-11H2,1-3H3,(H,20,21). The maximum Gasteiger partial charge on any atom is 0.313 e. The van der Waals surface area contributed by atoms with Gasteiger partial charge in [-0.05, 0) is 37.0 Å². The van der Waals surface area contributed by atoms with Crippen LogP contribution in [0.25, 0.3) is 0 Å². The van der Waals surface area contributed by atoms with Gasteiger partial charge in [-0.15, -0.1) is 0 Å². The summed E-state index contributed by atoms with van der Waals surface area (Å²) in [5.74, 6) is -0.918. The molecule has 0 aromatic heterocycles. The zero-order chi connectivity index (χ0) is 16.3. The molecule has 120 valence electrons. The molecule has 1 aliphatic heterocycles. The average Bonchev–Trinajstić information content (AvgIpc) is 2.89.